The van der Waals surface area contributed by atoms with E-state index in [4.69, 9.17) is 14.2 Å². The second kappa shape index (κ2) is 9.65. The van der Waals surface area contributed by atoms with Crippen molar-refractivity contribution in [1.82, 2.24) is 4.90 Å². The number of amides is 1. The first-order chi connectivity index (χ1) is 14.0. The van der Waals surface area contributed by atoms with Crippen LogP contribution in [-0.2, 0) is 17.8 Å². The van der Waals surface area contributed by atoms with Crippen molar-refractivity contribution >= 4 is 11.6 Å². The lowest BCUT2D eigenvalue weighted by atomic mass is 9.98. The molecule has 2 aromatic rings. The van der Waals surface area contributed by atoms with Gasteiger partial charge in [0, 0.05) is 13.1 Å². The Morgan fingerprint density at radius 1 is 1.03 bits per heavy atom. The maximum Gasteiger partial charge on any atom is 0.238 e. The van der Waals surface area contributed by atoms with Gasteiger partial charge < -0.3 is 19.5 Å². The topological polar surface area (TPSA) is 60.0 Å². The second-order valence-corrected chi connectivity index (χ2v) is 7.15. The van der Waals surface area contributed by atoms with Crippen molar-refractivity contribution in [3.63, 3.8) is 0 Å². The van der Waals surface area contributed by atoms with E-state index >= 15 is 0 Å². The average Bonchev–Trinajstić information content (AvgIpc) is 2.69. The lowest BCUT2D eigenvalue weighted by Gasteiger charge is -2.29. The lowest BCUT2D eigenvalue weighted by molar-refractivity contribution is -0.117. The van der Waals surface area contributed by atoms with Crippen molar-refractivity contribution < 1.29 is 19.0 Å². The molecule has 0 fully saturated rings. The molecule has 0 bridgehead atoms. The van der Waals surface area contributed by atoms with Crippen LogP contribution in [0.5, 0.6) is 17.2 Å². The fraction of sp³-hybridized carbons (Fsp3) is 0.435. The number of nitrogens with zero attached hydrogens (tertiary/aromatic N) is 1. The van der Waals surface area contributed by atoms with E-state index in [2.05, 4.69) is 22.3 Å². The van der Waals surface area contributed by atoms with E-state index < -0.39 is 0 Å². The van der Waals surface area contributed by atoms with Crippen molar-refractivity contribution in [3.8, 4) is 17.2 Å². The first-order valence-electron chi connectivity index (χ1n) is 10.1. The fourth-order valence-electron chi connectivity index (χ4n) is 3.61. The fourth-order valence-corrected chi connectivity index (χ4v) is 3.61. The summed E-state index contributed by atoms with van der Waals surface area (Å²) >= 11 is 0. The third-order valence-corrected chi connectivity index (χ3v) is 4.95. The maximum absolute atomic E-state index is 12.6. The van der Waals surface area contributed by atoms with Crippen LogP contribution in [0, 0.1) is 6.92 Å². The van der Waals surface area contributed by atoms with Gasteiger partial charge in [-0.3, -0.25) is 9.69 Å². The molecule has 1 heterocycles. The van der Waals surface area contributed by atoms with Crippen LogP contribution in [0.2, 0.25) is 0 Å². The van der Waals surface area contributed by atoms with Gasteiger partial charge in [-0.25, -0.2) is 0 Å². The number of carbonyl (C=O) groups is 1. The van der Waals surface area contributed by atoms with Crippen molar-refractivity contribution in [3.05, 3.63) is 47.0 Å². The molecule has 0 aliphatic carbocycles. The molecule has 0 radical (unpaired) electrons. The minimum atomic E-state index is -0.0479. The Balaban J connectivity index is 1.68. The predicted octanol–water partition coefficient (Wildman–Crippen LogP) is 3.80. The average molecular weight is 399 g/mol. The molecule has 0 unspecified atom stereocenters. The summed E-state index contributed by atoms with van der Waals surface area (Å²) in [5, 5.41) is 2.98. The zero-order valence-electron chi connectivity index (χ0n) is 17.7. The number of hydrogen-bond donors (Lipinski definition) is 1. The maximum atomic E-state index is 12.6. The summed E-state index contributed by atoms with van der Waals surface area (Å²) in [7, 11) is 1.61. The van der Waals surface area contributed by atoms with Gasteiger partial charge in [-0.05, 0) is 68.1 Å². The molecule has 0 saturated carbocycles. The zero-order valence-corrected chi connectivity index (χ0v) is 17.7. The number of benzene rings is 2. The molecule has 6 heteroatoms. The Labute approximate surface area is 172 Å². The Morgan fingerprint density at radius 2 is 1.72 bits per heavy atom. The van der Waals surface area contributed by atoms with Gasteiger partial charge in [0.15, 0.2) is 11.5 Å². The molecule has 3 rings (SSSR count). The SMILES string of the molecule is CCOc1cc2c(cc1OCC)CN(CC(=O)Nc1cc(C)ccc1OC)CC2. The van der Waals surface area contributed by atoms with Crippen molar-refractivity contribution in [2.75, 3.05) is 38.7 Å². The van der Waals surface area contributed by atoms with Crippen LogP contribution in [0.25, 0.3) is 0 Å². The molecule has 6 nitrogen and oxygen atoms in total. The van der Waals surface area contributed by atoms with Crippen LogP contribution >= 0.6 is 0 Å². The highest BCUT2D eigenvalue weighted by molar-refractivity contribution is 5.93. The summed E-state index contributed by atoms with van der Waals surface area (Å²) < 4.78 is 16.8. The first-order valence-corrected chi connectivity index (χ1v) is 10.1. The van der Waals surface area contributed by atoms with Gasteiger partial charge >= 0.3 is 0 Å². The monoisotopic (exact) mass is 398 g/mol. The van der Waals surface area contributed by atoms with Crippen LogP contribution in [-0.4, -0.2) is 44.2 Å². The van der Waals surface area contributed by atoms with Crippen LogP contribution in [0.3, 0.4) is 0 Å². The number of nitrogens with one attached hydrogen (secondary N) is 1. The molecule has 1 aliphatic heterocycles. The van der Waals surface area contributed by atoms with Crippen LogP contribution in [0.15, 0.2) is 30.3 Å². The number of methoxy groups -OCH3 is 1. The molecule has 29 heavy (non-hydrogen) atoms. The number of anilines is 1. The highest BCUT2D eigenvalue weighted by atomic mass is 16.5. The Bertz CT molecular complexity index is 866. The van der Waals surface area contributed by atoms with Gasteiger partial charge in [0.1, 0.15) is 5.75 Å². The van der Waals surface area contributed by atoms with E-state index in [-0.39, 0.29) is 5.91 Å². The van der Waals surface area contributed by atoms with Crippen LogP contribution in [0.4, 0.5) is 5.69 Å². The highest BCUT2D eigenvalue weighted by Gasteiger charge is 2.21. The quantitative estimate of drug-likeness (QED) is 0.733. The third-order valence-electron chi connectivity index (χ3n) is 4.95. The number of hydrogen-bond acceptors (Lipinski definition) is 5. The Hall–Kier alpha value is -2.73. The normalized spacial score (nSPS) is 13.5. The lowest BCUT2D eigenvalue weighted by Crippen LogP contribution is -2.37. The molecule has 0 spiro atoms. The standard InChI is InChI=1S/C23H30N2O4/c1-5-28-21-12-17-9-10-25(14-18(17)13-22(21)29-6-2)15-23(26)24-19-11-16(3)7-8-20(19)27-4/h7-8,11-13H,5-6,9-10,14-15H2,1-4H3,(H,24,26). The first kappa shape index (κ1) is 21.0. The summed E-state index contributed by atoms with van der Waals surface area (Å²) in [4.78, 5) is 14.8. The second-order valence-electron chi connectivity index (χ2n) is 7.15. The molecule has 1 N–H and O–H groups in total. The van der Waals surface area contributed by atoms with E-state index in [1.54, 1.807) is 7.11 Å². The van der Waals surface area contributed by atoms with Crippen molar-refractivity contribution in [2.45, 2.75) is 33.7 Å². The number of aryl methyl sites for hydroxylation is 1. The summed E-state index contributed by atoms with van der Waals surface area (Å²) in [5.41, 5.74) is 4.22. The highest BCUT2D eigenvalue weighted by Crippen LogP contribution is 2.34. The van der Waals surface area contributed by atoms with Gasteiger partial charge in [0.2, 0.25) is 5.91 Å². The van der Waals surface area contributed by atoms with Crippen LogP contribution < -0.4 is 19.5 Å². The molecule has 1 aliphatic rings. The van der Waals surface area contributed by atoms with Gasteiger partial charge in [0.05, 0.1) is 32.6 Å². The van der Waals surface area contributed by atoms with E-state index in [1.165, 1.54) is 11.1 Å². The summed E-state index contributed by atoms with van der Waals surface area (Å²) in [6, 6.07) is 9.89. The minimum Gasteiger partial charge on any atom is -0.495 e. The van der Waals surface area contributed by atoms with E-state index in [0.717, 1.165) is 30.0 Å². The van der Waals surface area contributed by atoms with Crippen molar-refractivity contribution in [2.24, 2.45) is 0 Å². The largest absolute Gasteiger partial charge is 0.495 e. The number of ether oxygens (including phenoxy) is 3. The molecule has 0 atom stereocenters. The molecule has 0 saturated heterocycles. The van der Waals surface area contributed by atoms with Crippen molar-refractivity contribution in [1.29, 1.82) is 0 Å². The molecule has 0 aromatic heterocycles. The van der Waals surface area contributed by atoms with Gasteiger partial charge in [-0.2, -0.15) is 0 Å². The Kier molecular flexibility index (Phi) is 6.99. The smallest absolute Gasteiger partial charge is 0.238 e. The van der Waals surface area contributed by atoms with Gasteiger partial charge in [-0.1, -0.05) is 6.07 Å². The summed E-state index contributed by atoms with van der Waals surface area (Å²) in [6.07, 6.45) is 0.878. The van der Waals surface area contributed by atoms with Gasteiger partial charge in [0.25, 0.3) is 0 Å². The molecule has 156 valence electrons. The number of rotatable bonds is 8. The minimum absolute atomic E-state index is 0.0479. The van der Waals surface area contributed by atoms with E-state index in [0.29, 0.717) is 37.7 Å². The molecular weight excluding hydrogens is 368 g/mol. The molecule has 1 amide bonds. The van der Waals surface area contributed by atoms with Gasteiger partial charge in [-0.15, -0.1) is 0 Å². The van der Waals surface area contributed by atoms with E-state index in [9.17, 15) is 4.79 Å². The predicted molar refractivity (Wildman–Crippen MR) is 114 cm³/mol. The zero-order chi connectivity index (χ0) is 20.8. The molecular formula is C23H30N2O4. The molecule has 2 aromatic carbocycles. The van der Waals surface area contributed by atoms with E-state index in [1.807, 2.05) is 39.0 Å². The Morgan fingerprint density at radius 3 is 2.38 bits per heavy atom. The van der Waals surface area contributed by atoms with Crippen LogP contribution in [0.1, 0.15) is 30.5 Å². The third kappa shape index (κ3) is 5.21. The number of carbonyl (C=O) groups excluding carboxylic acids is 1. The summed E-state index contributed by atoms with van der Waals surface area (Å²) in [6.45, 7) is 8.98. The summed E-state index contributed by atoms with van der Waals surface area (Å²) in [5.74, 6) is 2.18. The number of fused-ring (bicyclic) bond motifs is 1.